The molecule has 0 bridgehead atoms. The Morgan fingerprint density at radius 2 is 1.94 bits per heavy atom. The lowest BCUT2D eigenvalue weighted by Crippen LogP contribution is -2.31. The number of nitrogens with zero attached hydrogens (tertiary/aromatic N) is 3. The van der Waals surface area contributed by atoms with Gasteiger partial charge in [0.05, 0.1) is 30.3 Å². The SMILES string of the molecule is CCN(CC)CCn1ccc2c3c(ccc21)C(c1cc(Br)c(OC)c(OC)c1)C(C#N)C(=N)O3. The average molecular weight is 525 g/mol. The van der Waals surface area contributed by atoms with Crippen molar-refractivity contribution in [2.75, 3.05) is 33.9 Å². The second kappa shape index (κ2) is 10.1. The zero-order valence-electron chi connectivity index (χ0n) is 19.9. The smallest absolute Gasteiger partial charge is 0.205 e. The van der Waals surface area contributed by atoms with Gasteiger partial charge in [-0.3, -0.25) is 5.41 Å². The van der Waals surface area contributed by atoms with Crippen molar-refractivity contribution in [2.45, 2.75) is 26.3 Å². The van der Waals surface area contributed by atoms with Crippen LogP contribution in [0.25, 0.3) is 10.9 Å². The van der Waals surface area contributed by atoms with Crippen molar-refractivity contribution < 1.29 is 14.2 Å². The summed E-state index contributed by atoms with van der Waals surface area (Å²) in [6, 6.07) is 12.2. The van der Waals surface area contributed by atoms with Gasteiger partial charge in [-0.15, -0.1) is 0 Å². The van der Waals surface area contributed by atoms with Gasteiger partial charge in [-0.05, 0) is 58.8 Å². The first-order valence-electron chi connectivity index (χ1n) is 11.4. The number of aromatic nitrogens is 1. The largest absolute Gasteiger partial charge is 0.493 e. The summed E-state index contributed by atoms with van der Waals surface area (Å²) in [4.78, 5) is 2.39. The molecule has 8 heteroatoms. The standard InChI is InChI=1S/C26H29BrN4O3/c1-5-30(6-2)11-12-31-10-9-17-21(31)8-7-18-23(19(15-28)26(29)34-24(17)18)16-13-20(27)25(33-4)22(14-16)32-3/h7-10,13-14,19,23,29H,5-6,11-12H2,1-4H3. The Kier molecular flexibility index (Phi) is 7.15. The molecule has 0 saturated heterocycles. The summed E-state index contributed by atoms with van der Waals surface area (Å²) in [5, 5.41) is 19.4. The van der Waals surface area contributed by atoms with E-state index < -0.39 is 5.92 Å². The first-order valence-corrected chi connectivity index (χ1v) is 12.2. The van der Waals surface area contributed by atoms with Crippen molar-refractivity contribution in [1.29, 1.82) is 10.7 Å². The summed E-state index contributed by atoms with van der Waals surface area (Å²) < 4.78 is 19.9. The van der Waals surface area contributed by atoms with E-state index >= 15 is 0 Å². The van der Waals surface area contributed by atoms with Crippen LogP contribution in [0.3, 0.4) is 0 Å². The number of rotatable bonds is 8. The molecule has 0 aliphatic carbocycles. The number of hydrogen-bond acceptors (Lipinski definition) is 6. The molecular weight excluding hydrogens is 496 g/mol. The number of benzene rings is 2. The maximum Gasteiger partial charge on any atom is 0.205 e. The van der Waals surface area contributed by atoms with E-state index in [-0.39, 0.29) is 11.8 Å². The Morgan fingerprint density at radius 3 is 2.59 bits per heavy atom. The molecule has 2 aromatic carbocycles. The molecule has 7 nitrogen and oxygen atoms in total. The number of methoxy groups -OCH3 is 2. The molecule has 1 aromatic heterocycles. The van der Waals surface area contributed by atoms with E-state index in [2.05, 4.69) is 57.6 Å². The zero-order valence-corrected chi connectivity index (χ0v) is 21.5. The molecule has 1 N–H and O–H groups in total. The topological polar surface area (TPSA) is 83.5 Å². The van der Waals surface area contributed by atoms with Crippen LogP contribution in [0.1, 0.15) is 30.9 Å². The fourth-order valence-electron chi connectivity index (χ4n) is 4.73. The highest BCUT2D eigenvalue weighted by Crippen LogP contribution is 2.48. The fraction of sp³-hybridized carbons (Fsp3) is 0.385. The fourth-order valence-corrected chi connectivity index (χ4v) is 5.35. The first kappa shape index (κ1) is 24.1. The molecule has 0 saturated carbocycles. The molecule has 178 valence electrons. The Balaban J connectivity index is 1.82. The highest BCUT2D eigenvalue weighted by molar-refractivity contribution is 9.10. The highest BCUT2D eigenvalue weighted by Gasteiger charge is 2.38. The second-order valence-corrected chi connectivity index (χ2v) is 9.10. The number of likely N-dealkylation sites (N-methyl/N-ethyl adjacent to an activating group) is 1. The molecular formula is C26H29BrN4O3. The molecule has 3 aromatic rings. The van der Waals surface area contributed by atoms with Crippen LogP contribution in [0.4, 0.5) is 0 Å². The predicted octanol–water partition coefficient (Wildman–Crippen LogP) is 5.40. The second-order valence-electron chi connectivity index (χ2n) is 8.24. The van der Waals surface area contributed by atoms with Crippen LogP contribution in [-0.2, 0) is 6.54 Å². The summed E-state index contributed by atoms with van der Waals surface area (Å²) in [6.07, 6.45) is 2.07. The quantitative estimate of drug-likeness (QED) is 0.426. The van der Waals surface area contributed by atoms with E-state index in [1.54, 1.807) is 14.2 Å². The highest BCUT2D eigenvalue weighted by atomic mass is 79.9. The van der Waals surface area contributed by atoms with E-state index in [1.165, 1.54) is 0 Å². The van der Waals surface area contributed by atoms with Gasteiger partial charge in [0.15, 0.2) is 11.5 Å². The summed E-state index contributed by atoms with van der Waals surface area (Å²) >= 11 is 3.57. The van der Waals surface area contributed by atoms with Gasteiger partial charge in [0.2, 0.25) is 5.90 Å². The number of nitrogens with one attached hydrogen (secondary N) is 1. The molecule has 0 fully saturated rings. The Bertz CT molecular complexity index is 1260. The van der Waals surface area contributed by atoms with Crippen LogP contribution >= 0.6 is 15.9 Å². The molecule has 4 rings (SSSR count). The van der Waals surface area contributed by atoms with Crippen LogP contribution in [0.2, 0.25) is 0 Å². The molecule has 1 aliphatic heterocycles. The Hall–Kier alpha value is -3.02. The van der Waals surface area contributed by atoms with Crippen molar-refractivity contribution in [1.82, 2.24) is 9.47 Å². The molecule has 0 spiro atoms. The van der Waals surface area contributed by atoms with E-state index in [0.717, 1.165) is 52.7 Å². The predicted molar refractivity (Wildman–Crippen MR) is 136 cm³/mol. The lowest BCUT2D eigenvalue weighted by Gasteiger charge is -2.31. The number of hydrogen-bond donors (Lipinski definition) is 1. The van der Waals surface area contributed by atoms with Crippen LogP contribution in [0.15, 0.2) is 41.0 Å². The zero-order chi connectivity index (χ0) is 24.4. The van der Waals surface area contributed by atoms with Crippen LogP contribution in [0.5, 0.6) is 17.2 Å². The van der Waals surface area contributed by atoms with Gasteiger partial charge in [-0.25, -0.2) is 0 Å². The minimum atomic E-state index is -0.750. The molecule has 0 amide bonds. The van der Waals surface area contributed by atoms with E-state index in [0.29, 0.717) is 17.2 Å². The van der Waals surface area contributed by atoms with Crippen molar-refractivity contribution in [3.05, 3.63) is 52.1 Å². The van der Waals surface area contributed by atoms with Crippen LogP contribution in [-0.4, -0.2) is 49.2 Å². The summed E-state index contributed by atoms with van der Waals surface area (Å²) in [6.45, 7) is 8.21. The van der Waals surface area contributed by atoms with Gasteiger partial charge in [0.1, 0.15) is 11.7 Å². The van der Waals surface area contributed by atoms with Gasteiger partial charge in [0.25, 0.3) is 0 Å². The molecule has 34 heavy (non-hydrogen) atoms. The minimum Gasteiger partial charge on any atom is -0.493 e. The van der Waals surface area contributed by atoms with Crippen molar-refractivity contribution >= 4 is 32.7 Å². The van der Waals surface area contributed by atoms with Crippen LogP contribution in [0, 0.1) is 22.7 Å². The third-order valence-corrected chi connectivity index (χ3v) is 7.19. The van der Waals surface area contributed by atoms with E-state index in [1.807, 2.05) is 24.3 Å². The summed E-state index contributed by atoms with van der Waals surface area (Å²) in [5.41, 5.74) is 2.79. The van der Waals surface area contributed by atoms with Gasteiger partial charge >= 0.3 is 0 Å². The normalized spacial score (nSPS) is 17.4. The van der Waals surface area contributed by atoms with E-state index in [4.69, 9.17) is 19.6 Å². The molecule has 2 unspecified atom stereocenters. The maximum absolute atomic E-state index is 9.95. The molecule has 1 aliphatic rings. The summed E-state index contributed by atoms with van der Waals surface area (Å²) in [7, 11) is 3.17. The van der Waals surface area contributed by atoms with Crippen LogP contribution < -0.4 is 14.2 Å². The average Bonchev–Trinajstić information content (AvgIpc) is 3.26. The van der Waals surface area contributed by atoms with E-state index in [9.17, 15) is 5.26 Å². The van der Waals surface area contributed by atoms with Crippen molar-refractivity contribution in [3.8, 4) is 23.3 Å². The monoisotopic (exact) mass is 524 g/mol. The molecule has 0 radical (unpaired) electrons. The lowest BCUT2D eigenvalue weighted by molar-refractivity contribution is 0.292. The first-order chi connectivity index (χ1) is 16.5. The third-order valence-electron chi connectivity index (χ3n) is 6.60. The van der Waals surface area contributed by atoms with Gasteiger partial charge in [-0.2, -0.15) is 5.26 Å². The Morgan fingerprint density at radius 1 is 1.18 bits per heavy atom. The number of halogens is 1. The number of nitriles is 1. The van der Waals surface area contributed by atoms with Crippen molar-refractivity contribution in [2.24, 2.45) is 5.92 Å². The Labute approximate surface area is 208 Å². The third kappa shape index (κ3) is 4.15. The van der Waals surface area contributed by atoms with Gasteiger partial charge < -0.3 is 23.7 Å². The summed E-state index contributed by atoms with van der Waals surface area (Å²) in [5.74, 6) is 0.621. The number of fused-ring (bicyclic) bond motifs is 3. The minimum absolute atomic E-state index is 0.0469. The molecule has 2 heterocycles. The number of ether oxygens (including phenoxy) is 3. The van der Waals surface area contributed by atoms with Gasteiger partial charge in [-0.1, -0.05) is 19.9 Å². The van der Waals surface area contributed by atoms with Crippen molar-refractivity contribution in [3.63, 3.8) is 0 Å². The van der Waals surface area contributed by atoms with Gasteiger partial charge in [0, 0.05) is 36.2 Å². The molecule has 2 atom stereocenters. The maximum atomic E-state index is 9.95. The lowest BCUT2D eigenvalue weighted by atomic mass is 9.78.